The van der Waals surface area contributed by atoms with E-state index in [1.54, 1.807) is 0 Å². The molecule has 0 aliphatic heterocycles. The van der Waals surface area contributed by atoms with Gasteiger partial charge in [-0.25, -0.2) is 0 Å². The third-order valence-corrected chi connectivity index (χ3v) is 2.56. The largest absolute Gasteiger partial charge is 0.481 e. The predicted molar refractivity (Wildman–Crippen MR) is 56.5 cm³/mol. The average molecular weight is 259 g/mol. The number of halogens is 1. The van der Waals surface area contributed by atoms with Gasteiger partial charge in [-0.05, 0) is 18.8 Å². The first-order chi connectivity index (χ1) is 6.85. The fourth-order valence-electron chi connectivity index (χ4n) is 1.08. The van der Waals surface area contributed by atoms with Crippen molar-refractivity contribution >= 4 is 27.7 Å². The highest BCUT2D eigenvalue weighted by molar-refractivity contribution is 7.85. The van der Waals surface area contributed by atoms with Crippen LogP contribution in [0, 0.1) is 5.92 Å². The fourth-order valence-corrected chi connectivity index (χ4v) is 1.67. The van der Waals surface area contributed by atoms with E-state index in [1.807, 2.05) is 0 Å². The zero-order valence-electron chi connectivity index (χ0n) is 8.48. The molecule has 1 atom stereocenters. The van der Waals surface area contributed by atoms with Crippen molar-refractivity contribution in [2.75, 3.05) is 18.7 Å². The zero-order chi connectivity index (χ0) is 11.9. The van der Waals surface area contributed by atoms with Crippen LogP contribution in [-0.2, 0) is 19.1 Å². The van der Waals surface area contributed by atoms with Crippen LogP contribution in [0.3, 0.4) is 0 Å². The van der Waals surface area contributed by atoms with E-state index in [9.17, 15) is 13.2 Å². The Kier molecular flexibility index (Phi) is 6.87. The molecule has 0 aromatic heterocycles. The third-order valence-electron chi connectivity index (χ3n) is 1.73. The summed E-state index contributed by atoms with van der Waals surface area (Å²) in [6.45, 7) is -0.0952. The van der Waals surface area contributed by atoms with Crippen LogP contribution < -0.4 is 0 Å². The Hall–Kier alpha value is -0.330. The number of aliphatic carboxylic acids is 1. The summed E-state index contributed by atoms with van der Waals surface area (Å²) in [5.74, 6) is -0.850. The van der Waals surface area contributed by atoms with E-state index < -0.39 is 16.1 Å². The van der Waals surface area contributed by atoms with E-state index in [1.165, 1.54) is 0 Å². The summed E-state index contributed by atoms with van der Waals surface area (Å²) >= 11 is 5.47. The summed E-state index contributed by atoms with van der Waals surface area (Å²) in [7, 11) is -3.51. The van der Waals surface area contributed by atoms with Crippen LogP contribution in [-0.4, -0.2) is 38.2 Å². The molecule has 0 saturated carbocycles. The van der Waals surface area contributed by atoms with Crippen molar-refractivity contribution in [1.82, 2.24) is 0 Å². The van der Waals surface area contributed by atoms with Crippen molar-refractivity contribution in [3.63, 3.8) is 0 Å². The van der Waals surface area contributed by atoms with Crippen molar-refractivity contribution in [2.45, 2.75) is 19.3 Å². The molecule has 0 bridgehead atoms. The molecule has 1 N–H and O–H groups in total. The smallest absolute Gasteiger partial charge is 0.303 e. The molecule has 90 valence electrons. The second kappa shape index (κ2) is 7.03. The van der Waals surface area contributed by atoms with Gasteiger partial charge in [0.15, 0.2) is 0 Å². The van der Waals surface area contributed by atoms with Gasteiger partial charge >= 0.3 is 5.97 Å². The minimum atomic E-state index is -3.51. The fraction of sp³-hybridized carbons (Fsp3) is 0.875. The zero-order valence-corrected chi connectivity index (χ0v) is 10.1. The molecule has 7 heteroatoms. The Morgan fingerprint density at radius 2 is 2.13 bits per heavy atom. The van der Waals surface area contributed by atoms with Crippen molar-refractivity contribution in [2.24, 2.45) is 5.92 Å². The molecule has 0 radical (unpaired) electrons. The number of hydrogen-bond donors (Lipinski definition) is 1. The Morgan fingerprint density at radius 3 is 2.53 bits per heavy atom. The van der Waals surface area contributed by atoms with E-state index in [0.29, 0.717) is 18.7 Å². The molecule has 0 aromatic carbocycles. The van der Waals surface area contributed by atoms with Crippen LogP contribution in [0.5, 0.6) is 0 Å². The first-order valence-corrected chi connectivity index (χ1v) is 6.82. The minimum Gasteiger partial charge on any atom is -0.481 e. The lowest BCUT2D eigenvalue weighted by Gasteiger charge is -2.12. The molecular formula is C8H15ClO5S. The predicted octanol–water partition coefficient (Wildman–Crippen LogP) is 1.07. The van der Waals surface area contributed by atoms with E-state index in [2.05, 4.69) is 4.18 Å². The number of carboxylic acid groups (broad SMARTS) is 1. The summed E-state index contributed by atoms with van der Waals surface area (Å²) in [6.07, 6.45) is 2.02. The van der Waals surface area contributed by atoms with Gasteiger partial charge in [0.2, 0.25) is 0 Å². The third kappa shape index (κ3) is 9.96. The molecule has 15 heavy (non-hydrogen) atoms. The first kappa shape index (κ1) is 14.7. The lowest BCUT2D eigenvalue weighted by molar-refractivity contribution is -0.138. The highest BCUT2D eigenvalue weighted by Gasteiger charge is 2.15. The lowest BCUT2D eigenvalue weighted by atomic mass is 10.0. The van der Waals surface area contributed by atoms with Crippen molar-refractivity contribution in [1.29, 1.82) is 0 Å². The minimum absolute atomic E-state index is 0.0952. The first-order valence-electron chi connectivity index (χ1n) is 4.47. The number of alkyl halides is 1. The van der Waals surface area contributed by atoms with Crippen molar-refractivity contribution < 1.29 is 22.5 Å². The van der Waals surface area contributed by atoms with Gasteiger partial charge in [-0.15, -0.1) is 11.6 Å². The normalized spacial score (nSPS) is 13.7. The molecule has 0 heterocycles. The van der Waals surface area contributed by atoms with Crippen LogP contribution in [0.4, 0.5) is 0 Å². The Bertz CT molecular complexity index is 287. The number of carboxylic acids is 1. The maximum absolute atomic E-state index is 10.7. The van der Waals surface area contributed by atoms with E-state index >= 15 is 0 Å². The van der Waals surface area contributed by atoms with Crippen LogP contribution in [0.25, 0.3) is 0 Å². The molecule has 0 fully saturated rings. The molecule has 0 aliphatic rings. The molecule has 1 unspecified atom stereocenters. The molecule has 5 nitrogen and oxygen atoms in total. The monoisotopic (exact) mass is 258 g/mol. The number of hydrogen-bond acceptors (Lipinski definition) is 4. The second-order valence-corrected chi connectivity index (χ2v) is 5.31. The highest BCUT2D eigenvalue weighted by atomic mass is 35.5. The molecule has 0 saturated heterocycles. The van der Waals surface area contributed by atoms with Gasteiger partial charge in [0, 0.05) is 5.88 Å². The van der Waals surface area contributed by atoms with Gasteiger partial charge in [-0.3, -0.25) is 8.98 Å². The van der Waals surface area contributed by atoms with Crippen LogP contribution in [0.15, 0.2) is 0 Å². The van der Waals surface area contributed by atoms with Gasteiger partial charge in [0.05, 0.1) is 19.3 Å². The molecule has 0 amide bonds. The molecule has 0 aliphatic carbocycles. The summed E-state index contributed by atoms with van der Waals surface area (Å²) in [5, 5.41) is 8.57. The van der Waals surface area contributed by atoms with Gasteiger partial charge in [0.25, 0.3) is 10.1 Å². The topological polar surface area (TPSA) is 80.7 Å². The van der Waals surface area contributed by atoms with Gasteiger partial charge < -0.3 is 5.11 Å². The Balaban J connectivity index is 4.06. The molecule has 0 spiro atoms. The maximum atomic E-state index is 10.7. The SMILES string of the molecule is CS(=O)(=O)OCC(CCCCl)CC(=O)O. The Morgan fingerprint density at radius 1 is 1.53 bits per heavy atom. The molecule has 0 rings (SSSR count). The van der Waals surface area contributed by atoms with Crippen LogP contribution in [0.1, 0.15) is 19.3 Å². The van der Waals surface area contributed by atoms with Gasteiger partial charge in [0.1, 0.15) is 0 Å². The van der Waals surface area contributed by atoms with Crippen molar-refractivity contribution in [3.8, 4) is 0 Å². The quantitative estimate of drug-likeness (QED) is 0.520. The number of carbonyl (C=O) groups is 1. The van der Waals surface area contributed by atoms with E-state index in [4.69, 9.17) is 16.7 Å². The summed E-state index contributed by atoms with van der Waals surface area (Å²) in [5.41, 5.74) is 0. The standard InChI is InChI=1S/C8H15ClO5S/c1-15(12,13)14-6-7(3-2-4-9)5-8(10)11/h7H,2-6H2,1H3,(H,10,11). The van der Waals surface area contributed by atoms with Crippen molar-refractivity contribution in [3.05, 3.63) is 0 Å². The second-order valence-electron chi connectivity index (χ2n) is 3.28. The molecular weight excluding hydrogens is 244 g/mol. The lowest BCUT2D eigenvalue weighted by Crippen LogP contribution is -2.17. The van der Waals surface area contributed by atoms with Crippen LogP contribution >= 0.6 is 11.6 Å². The van der Waals surface area contributed by atoms with Crippen LogP contribution in [0.2, 0.25) is 0 Å². The Labute approximate surface area is 94.5 Å². The summed E-state index contributed by atoms with van der Waals surface area (Å²) < 4.78 is 26.0. The maximum Gasteiger partial charge on any atom is 0.303 e. The summed E-state index contributed by atoms with van der Waals surface area (Å²) in [4.78, 5) is 10.5. The highest BCUT2D eigenvalue weighted by Crippen LogP contribution is 2.13. The average Bonchev–Trinajstić information content (AvgIpc) is 2.07. The number of rotatable bonds is 8. The summed E-state index contributed by atoms with van der Waals surface area (Å²) in [6, 6.07) is 0. The molecule has 0 aromatic rings. The van der Waals surface area contributed by atoms with Gasteiger partial charge in [-0.1, -0.05) is 0 Å². The van der Waals surface area contributed by atoms with E-state index in [-0.39, 0.29) is 18.9 Å². The van der Waals surface area contributed by atoms with Gasteiger partial charge in [-0.2, -0.15) is 8.42 Å². The van der Waals surface area contributed by atoms with E-state index in [0.717, 1.165) is 6.26 Å².